The Balaban J connectivity index is 1.73. The fraction of sp³-hybridized carbons (Fsp3) is 0.300. The van der Waals surface area contributed by atoms with Gasteiger partial charge < -0.3 is 15.4 Å². The summed E-state index contributed by atoms with van der Waals surface area (Å²) >= 11 is 5.50. The molecule has 0 bridgehead atoms. The van der Waals surface area contributed by atoms with Crippen molar-refractivity contribution in [3.63, 3.8) is 0 Å². The summed E-state index contributed by atoms with van der Waals surface area (Å²) in [4.78, 5) is 11.7. The molecule has 25 heavy (non-hydrogen) atoms. The fourth-order valence-corrected chi connectivity index (χ4v) is 3.47. The summed E-state index contributed by atoms with van der Waals surface area (Å²) in [6, 6.07) is 14.1. The van der Waals surface area contributed by atoms with Gasteiger partial charge in [-0.3, -0.25) is 0 Å². The Hall–Kier alpha value is -2.40. The molecule has 5 heteroatoms. The summed E-state index contributed by atoms with van der Waals surface area (Å²) in [5.41, 5.74) is 5.03. The number of aryl methyl sites for hydroxylation is 2. The van der Waals surface area contributed by atoms with Gasteiger partial charge in [0.1, 0.15) is 0 Å². The molecule has 1 aliphatic carbocycles. The number of rotatable bonds is 3. The lowest BCUT2D eigenvalue weighted by Gasteiger charge is -2.27. The van der Waals surface area contributed by atoms with E-state index in [0.717, 1.165) is 30.5 Å². The Kier molecular flexibility index (Phi) is 5.34. The van der Waals surface area contributed by atoms with Crippen molar-refractivity contribution < 1.29 is 9.53 Å². The van der Waals surface area contributed by atoms with Gasteiger partial charge in [0.2, 0.25) is 0 Å². The first kappa shape index (κ1) is 17.4. The Labute approximate surface area is 153 Å². The standard InChI is InChI=1S/C20H22N2O2S/c1-13-10-11-15(19(23)24-2)12-18(13)22-20(25)21-17-9-5-7-14-6-3-4-8-16(14)17/h3-4,6,8,10-12,17H,5,7,9H2,1-2H3,(H2,21,22,25). The van der Waals surface area contributed by atoms with Crippen molar-refractivity contribution >= 4 is 29.0 Å². The second kappa shape index (κ2) is 7.66. The van der Waals surface area contributed by atoms with E-state index in [4.69, 9.17) is 17.0 Å². The van der Waals surface area contributed by atoms with Gasteiger partial charge in [-0.2, -0.15) is 0 Å². The molecule has 1 atom stereocenters. The zero-order valence-corrected chi connectivity index (χ0v) is 15.3. The van der Waals surface area contributed by atoms with Crippen LogP contribution in [0.25, 0.3) is 0 Å². The molecule has 0 saturated heterocycles. The van der Waals surface area contributed by atoms with Crippen LogP contribution < -0.4 is 10.6 Å². The number of ether oxygens (including phenoxy) is 1. The minimum Gasteiger partial charge on any atom is -0.465 e. The minimum atomic E-state index is -0.358. The van der Waals surface area contributed by atoms with E-state index in [9.17, 15) is 4.79 Å². The van der Waals surface area contributed by atoms with Gasteiger partial charge >= 0.3 is 5.97 Å². The maximum atomic E-state index is 11.7. The van der Waals surface area contributed by atoms with E-state index in [1.807, 2.05) is 13.0 Å². The first-order valence-corrected chi connectivity index (χ1v) is 8.83. The predicted octanol–water partition coefficient (Wildman–Crippen LogP) is 4.15. The number of methoxy groups -OCH3 is 1. The Morgan fingerprint density at radius 2 is 2.04 bits per heavy atom. The highest BCUT2D eigenvalue weighted by Gasteiger charge is 2.20. The summed E-state index contributed by atoms with van der Waals surface area (Å²) in [6.45, 7) is 1.97. The fourth-order valence-electron chi connectivity index (χ4n) is 3.22. The molecule has 1 unspecified atom stereocenters. The van der Waals surface area contributed by atoms with Gasteiger partial charge in [-0.15, -0.1) is 0 Å². The van der Waals surface area contributed by atoms with Crippen molar-refractivity contribution in [2.24, 2.45) is 0 Å². The highest BCUT2D eigenvalue weighted by atomic mass is 32.1. The third-order valence-electron chi connectivity index (χ3n) is 4.58. The van der Waals surface area contributed by atoms with Gasteiger partial charge in [-0.05, 0) is 67.2 Å². The highest BCUT2D eigenvalue weighted by Crippen LogP contribution is 2.29. The number of anilines is 1. The number of esters is 1. The summed E-state index contributed by atoms with van der Waals surface area (Å²) in [5, 5.41) is 7.20. The zero-order valence-electron chi connectivity index (χ0n) is 14.5. The number of nitrogens with one attached hydrogen (secondary N) is 2. The van der Waals surface area contributed by atoms with Gasteiger partial charge in [-0.25, -0.2) is 4.79 Å². The third kappa shape index (κ3) is 3.99. The van der Waals surface area contributed by atoms with E-state index in [1.54, 1.807) is 12.1 Å². The van der Waals surface area contributed by atoms with E-state index < -0.39 is 0 Å². The number of hydrogen-bond acceptors (Lipinski definition) is 3. The molecule has 2 aromatic rings. The molecule has 3 rings (SSSR count). The van der Waals surface area contributed by atoms with Crippen LogP contribution in [0, 0.1) is 6.92 Å². The van der Waals surface area contributed by atoms with Crippen LogP contribution in [0.4, 0.5) is 5.69 Å². The first-order valence-electron chi connectivity index (χ1n) is 8.43. The summed E-state index contributed by atoms with van der Waals surface area (Å²) in [6.07, 6.45) is 3.32. The van der Waals surface area contributed by atoms with Gasteiger partial charge in [0, 0.05) is 5.69 Å². The first-order chi connectivity index (χ1) is 12.1. The predicted molar refractivity (Wildman–Crippen MR) is 104 cm³/mol. The molecule has 1 aliphatic rings. The summed E-state index contributed by atoms with van der Waals surface area (Å²) in [7, 11) is 1.38. The lowest BCUT2D eigenvalue weighted by Crippen LogP contribution is -2.34. The average Bonchev–Trinajstić information content (AvgIpc) is 2.63. The maximum Gasteiger partial charge on any atom is 0.337 e. The number of carbonyl (C=O) groups excluding carboxylic acids is 1. The van der Waals surface area contributed by atoms with Crippen molar-refractivity contribution in [3.8, 4) is 0 Å². The number of carbonyl (C=O) groups is 1. The van der Waals surface area contributed by atoms with E-state index in [-0.39, 0.29) is 12.0 Å². The van der Waals surface area contributed by atoms with Gasteiger partial charge in [0.25, 0.3) is 0 Å². The molecule has 0 amide bonds. The van der Waals surface area contributed by atoms with Crippen LogP contribution in [0.15, 0.2) is 42.5 Å². The van der Waals surface area contributed by atoms with E-state index in [1.165, 1.54) is 18.2 Å². The van der Waals surface area contributed by atoms with Crippen LogP contribution in [0.2, 0.25) is 0 Å². The number of fused-ring (bicyclic) bond motifs is 1. The molecule has 0 saturated carbocycles. The molecule has 4 nitrogen and oxygen atoms in total. The second-order valence-electron chi connectivity index (χ2n) is 6.26. The van der Waals surface area contributed by atoms with Crippen LogP contribution in [0.3, 0.4) is 0 Å². The van der Waals surface area contributed by atoms with Crippen molar-refractivity contribution in [1.29, 1.82) is 0 Å². The SMILES string of the molecule is COC(=O)c1ccc(C)c(NC(=S)NC2CCCc3ccccc32)c1. The van der Waals surface area contributed by atoms with E-state index in [0.29, 0.717) is 10.7 Å². The highest BCUT2D eigenvalue weighted by molar-refractivity contribution is 7.80. The molecule has 0 fully saturated rings. The average molecular weight is 354 g/mol. The second-order valence-corrected chi connectivity index (χ2v) is 6.67. The minimum absolute atomic E-state index is 0.217. The molecule has 2 aromatic carbocycles. The number of benzene rings is 2. The van der Waals surface area contributed by atoms with Crippen molar-refractivity contribution in [3.05, 3.63) is 64.7 Å². The van der Waals surface area contributed by atoms with Crippen LogP contribution >= 0.6 is 12.2 Å². The lowest BCUT2D eigenvalue weighted by atomic mass is 9.88. The van der Waals surface area contributed by atoms with E-state index in [2.05, 4.69) is 34.9 Å². The number of hydrogen-bond donors (Lipinski definition) is 2. The molecular weight excluding hydrogens is 332 g/mol. The summed E-state index contributed by atoms with van der Waals surface area (Å²) < 4.78 is 4.78. The van der Waals surface area contributed by atoms with Crippen molar-refractivity contribution in [1.82, 2.24) is 5.32 Å². The summed E-state index contributed by atoms with van der Waals surface area (Å²) in [5.74, 6) is -0.358. The van der Waals surface area contributed by atoms with Gasteiger partial charge in [0.05, 0.1) is 18.7 Å². The van der Waals surface area contributed by atoms with Crippen LogP contribution in [-0.4, -0.2) is 18.2 Å². The largest absolute Gasteiger partial charge is 0.465 e. The monoisotopic (exact) mass is 354 g/mol. The molecule has 0 aliphatic heterocycles. The van der Waals surface area contributed by atoms with Gasteiger partial charge in [0.15, 0.2) is 5.11 Å². The zero-order chi connectivity index (χ0) is 17.8. The van der Waals surface area contributed by atoms with Crippen LogP contribution in [0.5, 0.6) is 0 Å². The normalized spacial score (nSPS) is 15.8. The maximum absolute atomic E-state index is 11.7. The third-order valence-corrected chi connectivity index (χ3v) is 4.80. The molecule has 130 valence electrons. The smallest absolute Gasteiger partial charge is 0.337 e. The molecular formula is C20H22N2O2S. The van der Waals surface area contributed by atoms with Gasteiger partial charge in [-0.1, -0.05) is 30.3 Å². The van der Waals surface area contributed by atoms with E-state index >= 15 is 0 Å². The molecule has 0 radical (unpaired) electrons. The molecule has 0 aromatic heterocycles. The lowest BCUT2D eigenvalue weighted by molar-refractivity contribution is 0.0601. The Morgan fingerprint density at radius 3 is 2.84 bits per heavy atom. The van der Waals surface area contributed by atoms with Crippen LogP contribution in [-0.2, 0) is 11.2 Å². The molecule has 0 spiro atoms. The van der Waals surface area contributed by atoms with Crippen LogP contribution in [0.1, 0.15) is 45.9 Å². The Bertz CT molecular complexity index is 804. The number of thiocarbonyl (C=S) groups is 1. The quantitative estimate of drug-likeness (QED) is 0.641. The molecule has 0 heterocycles. The Morgan fingerprint density at radius 1 is 1.24 bits per heavy atom. The van der Waals surface area contributed by atoms with Crippen molar-refractivity contribution in [2.45, 2.75) is 32.2 Å². The topological polar surface area (TPSA) is 50.4 Å². The molecule has 2 N–H and O–H groups in total. The van der Waals surface area contributed by atoms with Crippen molar-refractivity contribution in [2.75, 3.05) is 12.4 Å².